The number of H-pyrrole nitrogens is 1. The van der Waals surface area contributed by atoms with Crippen molar-refractivity contribution < 1.29 is 4.79 Å². The second-order valence-corrected chi connectivity index (χ2v) is 6.57. The number of nitrogens with one attached hydrogen (secondary N) is 1. The highest BCUT2D eigenvalue weighted by Crippen LogP contribution is 2.21. The van der Waals surface area contributed by atoms with Gasteiger partial charge in [0.15, 0.2) is 0 Å². The summed E-state index contributed by atoms with van der Waals surface area (Å²) in [7, 11) is 0. The van der Waals surface area contributed by atoms with Crippen molar-refractivity contribution in [2.45, 2.75) is 45.4 Å². The number of carbonyl (C=O) groups is 1. The van der Waals surface area contributed by atoms with E-state index in [0.717, 1.165) is 56.8 Å². The molecular formula is C19H26N4O. The van der Waals surface area contributed by atoms with Crippen LogP contribution < -0.4 is 0 Å². The lowest BCUT2D eigenvalue weighted by Crippen LogP contribution is -2.39. The minimum absolute atomic E-state index is 0.283. The molecule has 1 fully saturated rings. The van der Waals surface area contributed by atoms with Crippen molar-refractivity contribution in [2.24, 2.45) is 5.92 Å². The van der Waals surface area contributed by atoms with Crippen molar-refractivity contribution >= 4 is 5.91 Å². The second-order valence-electron chi connectivity index (χ2n) is 6.57. The monoisotopic (exact) mass is 326 g/mol. The van der Waals surface area contributed by atoms with Crippen LogP contribution >= 0.6 is 0 Å². The zero-order chi connectivity index (χ0) is 16.8. The van der Waals surface area contributed by atoms with Crippen LogP contribution in [0, 0.1) is 5.92 Å². The molecule has 1 aliphatic rings. The van der Waals surface area contributed by atoms with Gasteiger partial charge >= 0.3 is 0 Å². The van der Waals surface area contributed by atoms with E-state index in [2.05, 4.69) is 34.2 Å². The summed E-state index contributed by atoms with van der Waals surface area (Å²) in [6, 6.07) is 10.2. The first-order valence-corrected chi connectivity index (χ1v) is 8.96. The number of carbonyl (C=O) groups excluding carboxylic acids is 1. The van der Waals surface area contributed by atoms with E-state index in [1.807, 2.05) is 23.1 Å². The van der Waals surface area contributed by atoms with Crippen LogP contribution in [0.15, 0.2) is 30.3 Å². The third kappa shape index (κ3) is 4.43. The van der Waals surface area contributed by atoms with E-state index in [1.165, 1.54) is 5.56 Å². The molecule has 128 valence electrons. The predicted octanol–water partition coefficient (Wildman–Crippen LogP) is 2.78. The van der Waals surface area contributed by atoms with Gasteiger partial charge in [-0.25, -0.2) is 4.98 Å². The Kier molecular flexibility index (Phi) is 5.62. The smallest absolute Gasteiger partial charge is 0.222 e. The molecular weight excluding hydrogens is 300 g/mol. The van der Waals surface area contributed by atoms with Gasteiger partial charge in [0.2, 0.25) is 5.91 Å². The number of hydrogen-bond donors (Lipinski definition) is 1. The molecule has 0 bridgehead atoms. The lowest BCUT2D eigenvalue weighted by Gasteiger charge is -2.31. The number of aryl methyl sites for hydroxylation is 2. The zero-order valence-corrected chi connectivity index (χ0v) is 14.4. The first-order chi connectivity index (χ1) is 11.7. The van der Waals surface area contributed by atoms with Gasteiger partial charge < -0.3 is 4.90 Å². The number of aromatic nitrogens is 3. The van der Waals surface area contributed by atoms with Crippen molar-refractivity contribution in [3.05, 3.63) is 47.5 Å². The van der Waals surface area contributed by atoms with Gasteiger partial charge in [-0.1, -0.05) is 37.3 Å². The maximum atomic E-state index is 12.4. The predicted molar refractivity (Wildman–Crippen MR) is 93.5 cm³/mol. The standard InChI is InChI=1S/C19H26N4O/c1-2-17-20-18(22-21-17)14-16-10-12-23(13-11-16)19(24)9-8-15-6-4-3-5-7-15/h3-7,16H,2,8-14H2,1H3,(H,20,21,22). The van der Waals surface area contributed by atoms with Gasteiger partial charge in [0.1, 0.15) is 11.6 Å². The van der Waals surface area contributed by atoms with E-state index in [0.29, 0.717) is 12.3 Å². The second kappa shape index (κ2) is 8.08. The number of amides is 1. The molecule has 5 nitrogen and oxygen atoms in total. The Labute approximate surface area is 143 Å². The van der Waals surface area contributed by atoms with Crippen LogP contribution in [0.1, 0.15) is 43.4 Å². The van der Waals surface area contributed by atoms with Crippen molar-refractivity contribution in [3.63, 3.8) is 0 Å². The Morgan fingerprint density at radius 1 is 1.25 bits per heavy atom. The van der Waals surface area contributed by atoms with Gasteiger partial charge in [0.25, 0.3) is 0 Å². The lowest BCUT2D eigenvalue weighted by atomic mass is 9.93. The number of benzene rings is 1. The van der Waals surface area contributed by atoms with Gasteiger partial charge in [0, 0.05) is 32.4 Å². The minimum atomic E-state index is 0.283. The normalized spacial score (nSPS) is 15.6. The molecule has 0 saturated carbocycles. The molecule has 24 heavy (non-hydrogen) atoms. The van der Waals surface area contributed by atoms with Crippen molar-refractivity contribution in [1.82, 2.24) is 20.1 Å². The number of piperidine rings is 1. The number of nitrogens with zero attached hydrogens (tertiary/aromatic N) is 3. The van der Waals surface area contributed by atoms with Crippen molar-refractivity contribution in [3.8, 4) is 0 Å². The zero-order valence-electron chi connectivity index (χ0n) is 14.4. The summed E-state index contributed by atoms with van der Waals surface area (Å²) in [5, 5.41) is 7.23. The van der Waals surface area contributed by atoms with Gasteiger partial charge in [-0.05, 0) is 30.7 Å². The molecule has 2 aromatic rings. The van der Waals surface area contributed by atoms with Crippen molar-refractivity contribution in [2.75, 3.05) is 13.1 Å². The van der Waals surface area contributed by atoms with E-state index in [9.17, 15) is 4.79 Å². The molecule has 2 heterocycles. The Bertz CT molecular complexity index is 644. The highest BCUT2D eigenvalue weighted by atomic mass is 16.2. The quantitative estimate of drug-likeness (QED) is 0.888. The molecule has 5 heteroatoms. The maximum absolute atomic E-state index is 12.4. The van der Waals surface area contributed by atoms with E-state index in [-0.39, 0.29) is 5.91 Å². The Hall–Kier alpha value is -2.17. The highest BCUT2D eigenvalue weighted by Gasteiger charge is 2.23. The summed E-state index contributed by atoms with van der Waals surface area (Å²) in [5.74, 6) is 2.75. The molecule has 0 atom stereocenters. The molecule has 0 aliphatic carbocycles. The van der Waals surface area contributed by atoms with Gasteiger partial charge in [0.05, 0.1) is 0 Å². The summed E-state index contributed by atoms with van der Waals surface area (Å²) in [6.45, 7) is 3.80. The first-order valence-electron chi connectivity index (χ1n) is 8.96. The van der Waals surface area contributed by atoms with Crippen LogP contribution in [0.25, 0.3) is 0 Å². The first kappa shape index (κ1) is 16.7. The fraction of sp³-hybridized carbons (Fsp3) is 0.526. The van der Waals surface area contributed by atoms with E-state index >= 15 is 0 Å². The fourth-order valence-corrected chi connectivity index (χ4v) is 3.30. The van der Waals surface area contributed by atoms with Crippen LogP contribution in [0.5, 0.6) is 0 Å². The molecule has 1 N–H and O–H groups in total. The number of likely N-dealkylation sites (tertiary alicyclic amines) is 1. The summed E-state index contributed by atoms with van der Waals surface area (Å²) in [6.07, 6.45) is 5.36. The number of aromatic amines is 1. The van der Waals surface area contributed by atoms with Crippen LogP contribution in [0.4, 0.5) is 0 Å². The van der Waals surface area contributed by atoms with Crippen LogP contribution in [0.2, 0.25) is 0 Å². The molecule has 1 aromatic carbocycles. The molecule has 0 unspecified atom stereocenters. The highest BCUT2D eigenvalue weighted by molar-refractivity contribution is 5.76. The van der Waals surface area contributed by atoms with E-state index in [4.69, 9.17) is 0 Å². The SMILES string of the molecule is CCc1n[nH]c(CC2CCN(C(=O)CCc3ccccc3)CC2)n1. The molecule has 1 amide bonds. The third-order valence-corrected chi connectivity index (χ3v) is 4.81. The van der Waals surface area contributed by atoms with Gasteiger partial charge in [-0.2, -0.15) is 5.10 Å². The van der Waals surface area contributed by atoms with Crippen molar-refractivity contribution in [1.29, 1.82) is 0 Å². The summed E-state index contributed by atoms with van der Waals surface area (Å²) in [5.41, 5.74) is 1.23. The third-order valence-electron chi connectivity index (χ3n) is 4.81. The maximum Gasteiger partial charge on any atom is 0.222 e. The topological polar surface area (TPSA) is 61.9 Å². The number of hydrogen-bond acceptors (Lipinski definition) is 3. The fourth-order valence-electron chi connectivity index (χ4n) is 3.30. The van der Waals surface area contributed by atoms with E-state index < -0.39 is 0 Å². The molecule has 0 spiro atoms. The lowest BCUT2D eigenvalue weighted by molar-refractivity contribution is -0.132. The molecule has 0 radical (unpaired) electrons. The molecule has 3 rings (SSSR count). The molecule has 1 saturated heterocycles. The van der Waals surface area contributed by atoms with Crippen LogP contribution in [-0.2, 0) is 24.1 Å². The Morgan fingerprint density at radius 2 is 2.00 bits per heavy atom. The average Bonchev–Trinajstić information content (AvgIpc) is 3.09. The number of rotatable bonds is 6. The van der Waals surface area contributed by atoms with Gasteiger partial charge in [-0.15, -0.1) is 0 Å². The summed E-state index contributed by atoms with van der Waals surface area (Å²) in [4.78, 5) is 18.9. The van der Waals surface area contributed by atoms with Crippen LogP contribution in [0.3, 0.4) is 0 Å². The Morgan fingerprint density at radius 3 is 2.67 bits per heavy atom. The summed E-state index contributed by atoms with van der Waals surface area (Å²) >= 11 is 0. The molecule has 1 aromatic heterocycles. The minimum Gasteiger partial charge on any atom is -0.343 e. The molecule has 1 aliphatic heterocycles. The average molecular weight is 326 g/mol. The largest absolute Gasteiger partial charge is 0.343 e. The van der Waals surface area contributed by atoms with Crippen LogP contribution in [-0.4, -0.2) is 39.1 Å². The Balaban J connectivity index is 1.42. The van der Waals surface area contributed by atoms with Gasteiger partial charge in [-0.3, -0.25) is 9.89 Å². The van der Waals surface area contributed by atoms with E-state index in [1.54, 1.807) is 0 Å². The summed E-state index contributed by atoms with van der Waals surface area (Å²) < 4.78 is 0.